The van der Waals surface area contributed by atoms with E-state index in [0.717, 1.165) is 25.0 Å². The number of unbranched alkanes of at least 4 members (excludes halogenated alkanes) is 1. The molecule has 0 rings (SSSR count). The molecule has 90 valence electrons. The Morgan fingerprint density at radius 3 is 2.50 bits per heavy atom. The summed E-state index contributed by atoms with van der Waals surface area (Å²) in [6, 6.07) is 0. The van der Waals surface area contributed by atoms with Crippen molar-refractivity contribution in [3.8, 4) is 0 Å². The molecule has 0 aromatic rings. The van der Waals surface area contributed by atoms with E-state index in [1.807, 2.05) is 6.92 Å². The SMILES string of the molecule is CCCCNC(=O)CC(=O)/C=C\C(=O)OC. The van der Waals surface area contributed by atoms with Gasteiger partial charge in [-0.3, -0.25) is 9.59 Å². The molecule has 0 aromatic carbocycles. The summed E-state index contributed by atoms with van der Waals surface area (Å²) in [6.07, 6.45) is 3.68. The zero-order valence-electron chi connectivity index (χ0n) is 9.62. The van der Waals surface area contributed by atoms with E-state index in [-0.39, 0.29) is 12.3 Å². The quantitative estimate of drug-likeness (QED) is 0.299. The highest BCUT2D eigenvalue weighted by molar-refractivity contribution is 6.05. The first-order valence-corrected chi connectivity index (χ1v) is 5.15. The summed E-state index contributed by atoms with van der Waals surface area (Å²) < 4.78 is 4.31. The molecular weight excluding hydrogens is 210 g/mol. The Morgan fingerprint density at radius 1 is 1.25 bits per heavy atom. The standard InChI is InChI=1S/C11H17NO4/c1-3-4-7-12-10(14)8-9(13)5-6-11(15)16-2/h5-6H,3-4,7-8H2,1-2H3,(H,12,14)/b6-5-. The molecule has 0 aromatic heterocycles. The van der Waals surface area contributed by atoms with Gasteiger partial charge in [-0.25, -0.2) is 4.79 Å². The van der Waals surface area contributed by atoms with Crippen LogP contribution < -0.4 is 5.32 Å². The van der Waals surface area contributed by atoms with Crippen LogP contribution in [0.3, 0.4) is 0 Å². The van der Waals surface area contributed by atoms with Crippen molar-refractivity contribution >= 4 is 17.7 Å². The van der Waals surface area contributed by atoms with Gasteiger partial charge in [0.25, 0.3) is 0 Å². The first-order valence-electron chi connectivity index (χ1n) is 5.15. The summed E-state index contributed by atoms with van der Waals surface area (Å²) in [5, 5.41) is 2.61. The molecule has 5 nitrogen and oxygen atoms in total. The lowest BCUT2D eigenvalue weighted by Gasteiger charge is -2.01. The van der Waals surface area contributed by atoms with Crippen molar-refractivity contribution in [3.05, 3.63) is 12.2 Å². The lowest BCUT2D eigenvalue weighted by atomic mass is 10.2. The van der Waals surface area contributed by atoms with Gasteiger partial charge in [-0.15, -0.1) is 0 Å². The predicted molar refractivity (Wildman–Crippen MR) is 58.7 cm³/mol. The minimum absolute atomic E-state index is 0.239. The van der Waals surface area contributed by atoms with Crippen LogP contribution in [0.4, 0.5) is 0 Å². The molecule has 0 bridgehead atoms. The third kappa shape index (κ3) is 7.73. The number of allylic oxidation sites excluding steroid dienone is 1. The summed E-state index contributed by atoms with van der Waals surface area (Å²) in [6.45, 7) is 2.58. The van der Waals surface area contributed by atoms with Crippen LogP contribution in [0, 0.1) is 0 Å². The van der Waals surface area contributed by atoms with Crippen LogP contribution in [-0.4, -0.2) is 31.3 Å². The van der Waals surface area contributed by atoms with Crippen LogP contribution in [0.2, 0.25) is 0 Å². The van der Waals surface area contributed by atoms with Crippen LogP contribution in [-0.2, 0) is 19.1 Å². The number of ether oxygens (including phenoxy) is 1. The fourth-order valence-electron chi connectivity index (χ4n) is 0.913. The van der Waals surface area contributed by atoms with E-state index >= 15 is 0 Å². The van der Waals surface area contributed by atoms with Crippen LogP contribution in [0.15, 0.2) is 12.2 Å². The number of esters is 1. The van der Waals surface area contributed by atoms with E-state index in [4.69, 9.17) is 0 Å². The fraction of sp³-hybridized carbons (Fsp3) is 0.545. The molecule has 1 N–H and O–H groups in total. The van der Waals surface area contributed by atoms with Crippen molar-refractivity contribution < 1.29 is 19.1 Å². The first kappa shape index (κ1) is 14.3. The number of ketones is 1. The second kappa shape index (κ2) is 8.64. The number of rotatable bonds is 7. The third-order valence-electron chi connectivity index (χ3n) is 1.79. The number of carbonyl (C=O) groups is 3. The van der Waals surface area contributed by atoms with Crippen molar-refractivity contribution in [3.63, 3.8) is 0 Å². The maximum absolute atomic E-state index is 11.2. The van der Waals surface area contributed by atoms with Gasteiger partial charge in [-0.2, -0.15) is 0 Å². The molecule has 0 spiro atoms. The van der Waals surface area contributed by atoms with E-state index < -0.39 is 11.8 Å². The summed E-state index contributed by atoms with van der Waals surface area (Å²) >= 11 is 0. The normalized spacial score (nSPS) is 10.1. The Labute approximate surface area is 94.8 Å². The van der Waals surface area contributed by atoms with E-state index in [2.05, 4.69) is 10.1 Å². The van der Waals surface area contributed by atoms with Crippen LogP contribution in [0.1, 0.15) is 26.2 Å². The zero-order chi connectivity index (χ0) is 12.4. The second-order valence-corrected chi connectivity index (χ2v) is 3.20. The monoisotopic (exact) mass is 227 g/mol. The summed E-state index contributed by atoms with van der Waals surface area (Å²) in [5.74, 6) is -1.35. The maximum Gasteiger partial charge on any atom is 0.330 e. The summed E-state index contributed by atoms with van der Waals surface area (Å²) in [4.78, 5) is 33.0. The Hall–Kier alpha value is -1.65. The average Bonchev–Trinajstić information content (AvgIpc) is 2.26. The van der Waals surface area contributed by atoms with E-state index in [1.165, 1.54) is 7.11 Å². The Kier molecular flexibility index (Phi) is 7.75. The largest absolute Gasteiger partial charge is 0.466 e. The van der Waals surface area contributed by atoms with Gasteiger partial charge in [0.2, 0.25) is 5.91 Å². The molecule has 1 amide bonds. The minimum atomic E-state index is -0.611. The third-order valence-corrected chi connectivity index (χ3v) is 1.79. The molecule has 0 fully saturated rings. The molecule has 5 heteroatoms. The van der Waals surface area contributed by atoms with E-state index in [9.17, 15) is 14.4 Å². The highest BCUT2D eigenvalue weighted by Gasteiger charge is 2.06. The molecule has 0 saturated carbocycles. The number of methoxy groups -OCH3 is 1. The van der Waals surface area contributed by atoms with Crippen LogP contribution in [0.5, 0.6) is 0 Å². The van der Waals surface area contributed by atoms with Crippen LogP contribution in [0.25, 0.3) is 0 Å². The topological polar surface area (TPSA) is 72.5 Å². The van der Waals surface area contributed by atoms with Gasteiger partial charge in [0.05, 0.1) is 13.5 Å². The van der Waals surface area contributed by atoms with E-state index in [0.29, 0.717) is 6.54 Å². The second-order valence-electron chi connectivity index (χ2n) is 3.20. The maximum atomic E-state index is 11.2. The lowest BCUT2D eigenvalue weighted by Crippen LogP contribution is -2.26. The van der Waals surface area contributed by atoms with Crippen molar-refractivity contribution in [1.82, 2.24) is 5.32 Å². The molecule has 0 radical (unpaired) electrons. The average molecular weight is 227 g/mol. The molecule has 0 atom stereocenters. The van der Waals surface area contributed by atoms with Gasteiger partial charge in [-0.05, 0) is 12.5 Å². The van der Waals surface area contributed by atoms with Gasteiger partial charge < -0.3 is 10.1 Å². The number of nitrogens with one attached hydrogen (secondary N) is 1. The van der Waals surface area contributed by atoms with Gasteiger partial charge >= 0.3 is 5.97 Å². The first-order chi connectivity index (χ1) is 7.60. The number of hydrogen-bond donors (Lipinski definition) is 1. The van der Waals surface area contributed by atoms with Crippen molar-refractivity contribution in [1.29, 1.82) is 0 Å². The highest BCUT2D eigenvalue weighted by Crippen LogP contribution is 1.89. The molecule has 0 aliphatic heterocycles. The van der Waals surface area contributed by atoms with Crippen molar-refractivity contribution in [2.75, 3.05) is 13.7 Å². The number of amides is 1. The molecule has 0 saturated heterocycles. The van der Waals surface area contributed by atoms with Gasteiger partial charge in [0.15, 0.2) is 5.78 Å². The predicted octanol–water partition coefficient (Wildman–Crippen LogP) is 0.591. The van der Waals surface area contributed by atoms with Gasteiger partial charge in [0, 0.05) is 12.6 Å². The minimum Gasteiger partial charge on any atom is -0.466 e. The smallest absolute Gasteiger partial charge is 0.330 e. The van der Waals surface area contributed by atoms with Crippen molar-refractivity contribution in [2.45, 2.75) is 26.2 Å². The molecular formula is C11H17NO4. The van der Waals surface area contributed by atoms with Crippen molar-refractivity contribution in [2.24, 2.45) is 0 Å². The van der Waals surface area contributed by atoms with Gasteiger partial charge in [-0.1, -0.05) is 13.3 Å². The Morgan fingerprint density at radius 2 is 1.94 bits per heavy atom. The number of hydrogen-bond acceptors (Lipinski definition) is 4. The molecule has 16 heavy (non-hydrogen) atoms. The highest BCUT2D eigenvalue weighted by atomic mass is 16.5. The summed E-state index contributed by atoms with van der Waals surface area (Å²) in [5.41, 5.74) is 0. The lowest BCUT2D eigenvalue weighted by molar-refractivity contribution is -0.135. The number of carbonyl (C=O) groups excluding carboxylic acids is 3. The molecule has 0 aliphatic carbocycles. The van der Waals surface area contributed by atoms with E-state index in [1.54, 1.807) is 0 Å². The Bertz CT molecular complexity index is 284. The summed E-state index contributed by atoms with van der Waals surface area (Å²) in [7, 11) is 1.22. The molecule has 0 heterocycles. The van der Waals surface area contributed by atoms with Crippen LogP contribution >= 0.6 is 0 Å². The van der Waals surface area contributed by atoms with Gasteiger partial charge in [0.1, 0.15) is 0 Å². The fourth-order valence-corrected chi connectivity index (χ4v) is 0.913. The zero-order valence-corrected chi connectivity index (χ0v) is 9.62. The molecule has 0 aliphatic rings. The Balaban J connectivity index is 3.82. The molecule has 0 unspecified atom stereocenters.